The van der Waals surface area contributed by atoms with Gasteiger partial charge in [0.15, 0.2) is 5.82 Å². The minimum atomic E-state index is -0.660. The summed E-state index contributed by atoms with van der Waals surface area (Å²) >= 11 is 0. The van der Waals surface area contributed by atoms with Crippen LogP contribution in [0, 0.1) is 5.82 Å². The lowest BCUT2D eigenvalue weighted by atomic mass is 10.2. The summed E-state index contributed by atoms with van der Waals surface area (Å²) in [7, 11) is 0. The number of nitrogens with zero attached hydrogens (tertiary/aromatic N) is 2. The summed E-state index contributed by atoms with van der Waals surface area (Å²) in [4.78, 5) is 29.8. The predicted octanol–water partition coefficient (Wildman–Crippen LogP) is 4.00. The Labute approximate surface area is 167 Å². The molecule has 1 unspecified atom stereocenters. The molecule has 1 atom stereocenters. The molecule has 0 saturated heterocycles. The Kier molecular flexibility index (Phi) is 5.54. The van der Waals surface area contributed by atoms with Gasteiger partial charge in [0.2, 0.25) is 0 Å². The van der Waals surface area contributed by atoms with Gasteiger partial charge < -0.3 is 10.1 Å². The molecular formula is C21H23FN4O3. The second-order valence-corrected chi connectivity index (χ2v) is 7.61. The van der Waals surface area contributed by atoms with Crippen LogP contribution in [0.25, 0.3) is 10.9 Å². The van der Waals surface area contributed by atoms with E-state index in [1.807, 2.05) is 0 Å². The van der Waals surface area contributed by atoms with Gasteiger partial charge in [-0.15, -0.1) is 0 Å². The number of carbonyl (C=O) groups excluding carboxylic acids is 1. The lowest BCUT2D eigenvalue weighted by Crippen LogP contribution is -2.38. The van der Waals surface area contributed by atoms with E-state index in [1.54, 1.807) is 52.0 Å². The van der Waals surface area contributed by atoms with Crippen molar-refractivity contribution in [1.82, 2.24) is 15.0 Å². The Hall–Kier alpha value is -3.42. The molecule has 0 aliphatic rings. The summed E-state index contributed by atoms with van der Waals surface area (Å²) in [5.41, 5.74) is 2.94. The first kappa shape index (κ1) is 20.3. The average Bonchev–Trinajstić information content (AvgIpc) is 2.64. The van der Waals surface area contributed by atoms with E-state index in [-0.39, 0.29) is 17.2 Å². The highest BCUT2D eigenvalue weighted by Gasteiger charge is 2.22. The SMILES string of the molecule is CC(NC(=O)OC(C)(C)C)c1nc2ccccc2c(=O)n1Nc1ccc(F)cc1. The monoisotopic (exact) mass is 398 g/mol. The molecule has 2 aromatic carbocycles. The Morgan fingerprint density at radius 1 is 1.14 bits per heavy atom. The Morgan fingerprint density at radius 2 is 1.79 bits per heavy atom. The normalized spacial score (nSPS) is 12.4. The van der Waals surface area contributed by atoms with Crippen molar-refractivity contribution in [2.45, 2.75) is 39.3 Å². The molecule has 0 saturated carbocycles. The van der Waals surface area contributed by atoms with Gasteiger partial charge in [-0.2, -0.15) is 0 Å². The Bertz CT molecular complexity index is 1090. The van der Waals surface area contributed by atoms with Crippen LogP contribution in [0.1, 0.15) is 39.6 Å². The lowest BCUT2D eigenvalue weighted by molar-refractivity contribution is 0.0505. The molecule has 1 aromatic heterocycles. The largest absolute Gasteiger partial charge is 0.444 e. The predicted molar refractivity (Wildman–Crippen MR) is 109 cm³/mol. The first-order chi connectivity index (χ1) is 13.6. The molecule has 8 heteroatoms. The summed E-state index contributed by atoms with van der Waals surface area (Å²) in [6, 6.07) is 11.9. The van der Waals surface area contributed by atoms with E-state index in [0.29, 0.717) is 16.6 Å². The number of rotatable bonds is 4. The summed E-state index contributed by atoms with van der Waals surface area (Å²) in [5.74, 6) is -0.108. The van der Waals surface area contributed by atoms with Crippen LogP contribution in [0.15, 0.2) is 53.3 Å². The highest BCUT2D eigenvalue weighted by Crippen LogP contribution is 2.16. The van der Waals surface area contributed by atoms with Gasteiger partial charge in [0.1, 0.15) is 11.4 Å². The Morgan fingerprint density at radius 3 is 2.45 bits per heavy atom. The fraction of sp³-hybridized carbons (Fsp3) is 0.286. The smallest absolute Gasteiger partial charge is 0.408 e. The summed E-state index contributed by atoms with van der Waals surface area (Å²) in [6.45, 7) is 6.98. The van der Waals surface area contributed by atoms with Crippen molar-refractivity contribution in [1.29, 1.82) is 0 Å². The molecule has 1 amide bonds. The number of ether oxygens (including phenoxy) is 1. The van der Waals surface area contributed by atoms with E-state index in [4.69, 9.17) is 4.74 Å². The first-order valence-electron chi connectivity index (χ1n) is 9.18. The molecule has 152 valence electrons. The number of hydrogen-bond acceptors (Lipinski definition) is 5. The van der Waals surface area contributed by atoms with Crippen molar-refractivity contribution >= 4 is 22.7 Å². The number of carbonyl (C=O) groups is 1. The molecule has 0 bridgehead atoms. The van der Waals surface area contributed by atoms with Crippen LogP contribution in [0.4, 0.5) is 14.9 Å². The molecule has 0 aliphatic carbocycles. The van der Waals surface area contributed by atoms with E-state index in [2.05, 4.69) is 15.7 Å². The molecule has 0 fully saturated rings. The number of halogens is 1. The van der Waals surface area contributed by atoms with Crippen LogP contribution in [-0.4, -0.2) is 21.4 Å². The van der Waals surface area contributed by atoms with Crippen molar-refractivity contribution in [3.8, 4) is 0 Å². The maximum atomic E-state index is 13.2. The lowest BCUT2D eigenvalue weighted by Gasteiger charge is -2.23. The highest BCUT2D eigenvalue weighted by atomic mass is 19.1. The third-order valence-electron chi connectivity index (χ3n) is 4.01. The van der Waals surface area contributed by atoms with Crippen LogP contribution in [0.2, 0.25) is 0 Å². The zero-order valence-corrected chi connectivity index (χ0v) is 16.7. The quantitative estimate of drug-likeness (QED) is 0.694. The van der Waals surface area contributed by atoms with E-state index < -0.39 is 17.7 Å². The molecule has 1 heterocycles. The zero-order chi connectivity index (χ0) is 21.2. The molecule has 2 N–H and O–H groups in total. The third kappa shape index (κ3) is 4.90. The Balaban J connectivity index is 2.03. The minimum absolute atomic E-state index is 0.281. The van der Waals surface area contributed by atoms with E-state index in [1.165, 1.54) is 28.9 Å². The van der Waals surface area contributed by atoms with Gasteiger partial charge in [-0.05, 0) is 64.1 Å². The van der Waals surface area contributed by atoms with Crippen LogP contribution in [-0.2, 0) is 4.74 Å². The van der Waals surface area contributed by atoms with Crippen LogP contribution in [0.3, 0.4) is 0 Å². The standard InChI is InChI=1S/C21H23FN4O3/c1-13(23-20(28)29-21(2,3)4)18-24-17-8-6-5-7-16(17)19(27)26(18)25-15-11-9-14(22)10-12-15/h5-13,25H,1-4H3,(H,23,28). The fourth-order valence-electron chi connectivity index (χ4n) is 2.75. The number of fused-ring (bicyclic) bond motifs is 1. The molecule has 3 aromatic rings. The van der Waals surface area contributed by atoms with Gasteiger partial charge >= 0.3 is 6.09 Å². The molecular weight excluding hydrogens is 375 g/mol. The number of nitrogens with one attached hydrogen (secondary N) is 2. The fourth-order valence-corrected chi connectivity index (χ4v) is 2.75. The molecule has 0 spiro atoms. The van der Waals surface area contributed by atoms with Gasteiger partial charge in [0, 0.05) is 0 Å². The number of anilines is 1. The van der Waals surface area contributed by atoms with Gasteiger partial charge in [0.25, 0.3) is 5.56 Å². The van der Waals surface area contributed by atoms with Crippen LogP contribution < -0.4 is 16.3 Å². The topological polar surface area (TPSA) is 85.2 Å². The summed E-state index contributed by atoms with van der Waals surface area (Å²) < 4.78 is 19.8. The van der Waals surface area contributed by atoms with Crippen LogP contribution >= 0.6 is 0 Å². The number of alkyl carbamates (subject to hydrolysis) is 1. The van der Waals surface area contributed by atoms with Crippen LogP contribution in [0.5, 0.6) is 0 Å². The van der Waals surface area contributed by atoms with E-state index >= 15 is 0 Å². The maximum absolute atomic E-state index is 13.2. The highest BCUT2D eigenvalue weighted by molar-refractivity contribution is 5.77. The van der Waals surface area contributed by atoms with Gasteiger partial charge in [-0.1, -0.05) is 12.1 Å². The molecule has 0 aliphatic heterocycles. The van der Waals surface area contributed by atoms with Crippen molar-refractivity contribution in [2.24, 2.45) is 0 Å². The second kappa shape index (κ2) is 7.90. The number of amides is 1. The third-order valence-corrected chi connectivity index (χ3v) is 4.01. The minimum Gasteiger partial charge on any atom is -0.444 e. The number of hydrogen-bond donors (Lipinski definition) is 2. The molecule has 29 heavy (non-hydrogen) atoms. The molecule has 3 rings (SSSR count). The zero-order valence-electron chi connectivity index (χ0n) is 16.7. The number of para-hydroxylation sites is 1. The van der Waals surface area contributed by atoms with Gasteiger partial charge in [0.05, 0.1) is 22.6 Å². The first-order valence-corrected chi connectivity index (χ1v) is 9.18. The van der Waals surface area contributed by atoms with Crippen molar-refractivity contribution in [2.75, 3.05) is 5.43 Å². The van der Waals surface area contributed by atoms with Crippen molar-refractivity contribution < 1.29 is 13.9 Å². The van der Waals surface area contributed by atoms with Crippen molar-refractivity contribution in [3.05, 3.63) is 70.5 Å². The second-order valence-electron chi connectivity index (χ2n) is 7.61. The maximum Gasteiger partial charge on any atom is 0.408 e. The van der Waals surface area contributed by atoms with Crippen molar-refractivity contribution in [3.63, 3.8) is 0 Å². The number of aromatic nitrogens is 2. The van der Waals surface area contributed by atoms with Gasteiger partial charge in [-0.3, -0.25) is 10.2 Å². The average molecular weight is 398 g/mol. The van der Waals surface area contributed by atoms with Gasteiger partial charge in [-0.25, -0.2) is 18.8 Å². The molecule has 7 nitrogen and oxygen atoms in total. The summed E-state index contributed by atoms with van der Waals surface area (Å²) in [5, 5.41) is 3.11. The summed E-state index contributed by atoms with van der Waals surface area (Å²) in [6.07, 6.45) is -0.624. The van der Waals surface area contributed by atoms with E-state index in [9.17, 15) is 14.0 Å². The number of benzene rings is 2. The van der Waals surface area contributed by atoms with E-state index in [0.717, 1.165) is 0 Å². The molecule has 0 radical (unpaired) electrons.